The van der Waals surface area contributed by atoms with Gasteiger partial charge in [0.1, 0.15) is 6.17 Å². The molecule has 0 radical (unpaired) electrons. The van der Waals surface area contributed by atoms with Gasteiger partial charge < -0.3 is 10.1 Å². The van der Waals surface area contributed by atoms with Gasteiger partial charge in [0, 0.05) is 19.0 Å². The fraction of sp³-hybridized carbons (Fsp3) is 0.917. The average Bonchev–Trinajstić information content (AvgIpc) is 2.21. The minimum atomic E-state index is -1.58. The number of rotatable bonds is 3. The molecule has 3 atom stereocenters. The SMILES string of the molecule is CC(C)C(=O)N[C@H](N1C[C@H](C)O[C@@H](C)C1)C(Cl)(Cl)Cl. The first-order valence-electron chi connectivity index (χ1n) is 6.38. The summed E-state index contributed by atoms with van der Waals surface area (Å²) in [4.78, 5) is 13.8. The Morgan fingerprint density at radius 1 is 1.26 bits per heavy atom. The monoisotopic (exact) mass is 330 g/mol. The minimum absolute atomic E-state index is 0.0366. The molecule has 4 nitrogen and oxygen atoms in total. The van der Waals surface area contributed by atoms with Crippen molar-refractivity contribution in [1.82, 2.24) is 10.2 Å². The lowest BCUT2D eigenvalue weighted by Crippen LogP contribution is -2.61. The lowest BCUT2D eigenvalue weighted by molar-refractivity contribution is -0.129. The molecule has 0 aromatic rings. The second-order valence-electron chi connectivity index (χ2n) is 5.32. The largest absolute Gasteiger partial charge is 0.373 e. The number of halogens is 3. The highest BCUT2D eigenvalue weighted by Crippen LogP contribution is 2.33. The molecule has 19 heavy (non-hydrogen) atoms. The molecule has 0 bridgehead atoms. The van der Waals surface area contributed by atoms with E-state index in [1.54, 1.807) is 13.8 Å². The third-order valence-corrected chi connectivity index (χ3v) is 3.55. The molecule has 1 aliphatic heterocycles. The third kappa shape index (κ3) is 5.27. The number of carbonyl (C=O) groups is 1. The average molecular weight is 332 g/mol. The van der Waals surface area contributed by atoms with Gasteiger partial charge in [0.25, 0.3) is 0 Å². The summed E-state index contributed by atoms with van der Waals surface area (Å²) in [5.41, 5.74) is 0. The number of ether oxygens (including phenoxy) is 1. The van der Waals surface area contributed by atoms with Gasteiger partial charge >= 0.3 is 0 Å². The van der Waals surface area contributed by atoms with Crippen LogP contribution in [0.2, 0.25) is 0 Å². The van der Waals surface area contributed by atoms with E-state index in [-0.39, 0.29) is 24.0 Å². The summed E-state index contributed by atoms with van der Waals surface area (Å²) in [7, 11) is 0. The second kappa shape index (κ2) is 6.81. The summed E-state index contributed by atoms with van der Waals surface area (Å²) >= 11 is 18.0. The van der Waals surface area contributed by atoms with Crippen LogP contribution in [0.3, 0.4) is 0 Å². The van der Waals surface area contributed by atoms with Crippen LogP contribution in [0.1, 0.15) is 27.7 Å². The van der Waals surface area contributed by atoms with Gasteiger partial charge in [-0.1, -0.05) is 48.7 Å². The molecule has 1 aliphatic rings. The van der Waals surface area contributed by atoms with Crippen LogP contribution in [0.15, 0.2) is 0 Å². The zero-order valence-electron chi connectivity index (χ0n) is 11.6. The summed E-state index contributed by atoms with van der Waals surface area (Å²) in [6, 6.07) is 0. The van der Waals surface area contributed by atoms with Crippen LogP contribution in [0, 0.1) is 5.92 Å². The van der Waals surface area contributed by atoms with E-state index in [9.17, 15) is 4.79 Å². The molecule has 0 aromatic carbocycles. The fourth-order valence-electron chi connectivity index (χ4n) is 2.11. The lowest BCUT2D eigenvalue weighted by Gasteiger charge is -2.42. The second-order valence-corrected chi connectivity index (χ2v) is 7.69. The number of carbonyl (C=O) groups excluding carboxylic acids is 1. The van der Waals surface area contributed by atoms with Crippen molar-refractivity contribution in [2.45, 2.75) is 49.9 Å². The molecule has 7 heteroatoms. The molecule has 0 unspecified atom stereocenters. The zero-order valence-corrected chi connectivity index (χ0v) is 13.9. The number of hydrogen-bond donors (Lipinski definition) is 1. The Bertz CT molecular complexity index is 311. The first-order valence-corrected chi connectivity index (χ1v) is 7.51. The molecule has 1 fully saturated rings. The van der Waals surface area contributed by atoms with E-state index in [4.69, 9.17) is 39.5 Å². The Kier molecular flexibility index (Phi) is 6.21. The number of alkyl halides is 3. The standard InChI is InChI=1S/C12H21Cl3N2O2/c1-7(2)10(18)16-11(12(13,14)15)17-5-8(3)19-9(4)6-17/h7-9,11H,5-6H2,1-4H3,(H,16,18)/t8-,9-,11+/m0/s1. The van der Waals surface area contributed by atoms with Gasteiger partial charge in [-0.15, -0.1) is 0 Å². The van der Waals surface area contributed by atoms with Crippen molar-refractivity contribution in [3.8, 4) is 0 Å². The molecule has 1 heterocycles. The summed E-state index contributed by atoms with van der Waals surface area (Å²) in [6.45, 7) is 8.75. The molecule has 112 valence electrons. The van der Waals surface area contributed by atoms with Crippen molar-refractivity contribution < 1.29 is 9.53 Å². The van der Waals surface area contributed by atoms with E-state index in [0.29, 0.717) is 13.1 Å². The van der Waals surface area contributed by atoms with Gasteiger partial charge in [-0.25, -0.2) is 0 Å². The van der Waals surface area contributed by atoms with Crippen molar-refractivity contribution in [3.05, 3.63) is 0 Å². The highest BCUT2D eigenvalue weighted by atomic mass is 35.6. The summed E-state index contributed by atoms with van der Waals surface area (Å²) < 4.78 is 4.07. The fourth-order valence-corrected chi connectivity index (χ4v) is 2.69. The van der Waals surface area contributed by atoms with E-state index in [0.717, 1.165) is 0 Å². The van der Waals surface area contributed by atoms with Gasteiger partial charge in [0.15, 0.2) is 0 Å². The number of morpholine rings is 1. The molecule has 1 rings (SSSR count). The summed E-state index contributed by atoms with van der Waals surface area (Å²) in [5.74, 6) is -0.297. The molecular weight excluding hydrogens is 311 g/mol. The van der Waals surface area contributed by atoms with Crippen LogP contribution >= 0.6 is 34.8 Å². The van der Waals surface area contributed by atoms with E-state index in [1.807, 2.05) is 18.7 Å². The maximum absolute atomic E-state index is 11.9. The Morgan fingerprint density at radius 3 is 2.11 bits per heavy atom. The zero-order chi connectivity index (χ0) is 14.8. The van der Waals surface area contributed by atoms with Crippen molar-refractivity contribution >= 4 is 40.7 Å². The van der Waals surface area contributed by atoms with Crippen molar-refractivity contribution in [2.75, 3.05) is 13.1 Å². The Morgan fingerprint density at radius 2 is 1.74 bits per heavy atom. The van der Waals surface area contributed by atoms with Gasteiger partial charge in [-0.2, -0.15) is 0 Å². The number of nitrogens with zero attached hydrogens (tertiary/aromatic N) is 1. The molecule has 0 aromatic heterocycles. The lowest BCUT2D eigenvalue weighted by atomic mass is 10.2. The molecule has 0 aliphatic carbocycles. The van der Waals surface area contributed by atoms with Crippen LogP contribution in [0.25, 0.3) is 0 Å². The maximum Gasteiger partial charge on any atom is 0.223 e. The van der Waals surface area contributed by atoms with Crippen LogP contribution in [0.4, 0.5) is 0 Å². The highest BCUT2D eigenvalue weighted by molar-refractivity contribution is 6.68. The van der Waals surface area contributed by atoms with Crippen LogP contribution < -0.4 is 5.32 Å². The first kappa shape index (κ1) is 17.3. The molecule has 1 amide bonds. The van der Waals surface area contributed by atoms with Crippen LogP contribution in [-0.2, 0) is 9.53 Å². The van der Waals surface area contributed by atoms with Crippen molar-refractivity contribution in [1.29, 1.82) is 0 Å². The molecule has 0 saturated carbocycles. The number of nitrogens with one attached hydrogen (secondary N) is 1. The topological polar surface area (TPSA) is 41.6 Å². The van der Waals surface area contributed by atoms with E-state index in [1.165, 1.54) is 0 Å². The van der Waals surface area contributed by atoms with Crippen molar-refractivity contribution in [3.63, 3.8) is 0 Å². The Hall–Kier alpha value is 0.260. The highest BCUT2D eigenvalue weighted by Gasteiger charge is 2.41. The van der Waals surface area contributed by atoms with E-state index >= 15 is 0 Å². The summed E-state index contributed by atoms with van der Waals surface area (Å²) in [6.07, 6.45) is -0.578. The third-order valence-electron chi connectivity index (χ3n) is 2.93. The predicted molar refractivity (Wildman–Crippen MR) is 78.6 cm³/mol. The van der Waals surface area contributed by atoms with Crippen LogP contribution in [-0.4, -0.2) is 46.1 Å². The quantitative estimate of drug-likeness (QED) is 0.808. The van der Waals surface area contributed by atoms with Crippen molar-refractivity contribution in [2.24, 2.45) is 5.92 Å². The van der Waals surface area contributed by atoms with Gasteiger partial charge in [-0.3, -0.25) is 9.69 Å². The smallest absolute Gasteiger partial charge is 0.223 e. The van der Waals surface area contributed by atoms with Gasteiger partial charge in [0.2, 0.25) is 9.70 Å². The normalized spacial score (nSPS) is 27.4. The Balaban J connectivity index is 2.82. The maximum atomic E-state index is 11.9. The van der Waals surface area contributed by atoms with Crippen LogP contribution in [0.5, 0.6) is 0 Å². The molecule has 1 N–H and O–H groups in total. The number of amides is 1. The number of hydrogen-bond acceptors (Lipinski definition) is 3. The van der Waals surface area contributed by atoms with Gasteiger partial charge in [0.05, 0.1) is 12.2 Å². The molecular formula is C12H21Cl3N2O2. The Labute approximate surface area is 129 Å². The predicted octanol–water partition coefficient (Wildman–Crippen LogP) is 2.56. The molecule has 1 saturated heterocycles. The first-order chi connectivity index (χ1) is 8.61. The van der Waals surface area contributed by atoms with E-state index < -0.39 is 9.96 Å². The minimum Gasteiger partial charge on any atom is -0.373 e. The summed E-state index contributed by atoms with van der Waals surface area (Å²) in [5, 5.41) is 2.80. The van der Waals surface area contributed by atoms with E-state index in [2.05, 4.69) is 5.32 Å². The van der Waals surface area contributed by atoms with Gasteiger partial charge in [-0.05, 0) is 13.8 Å². The molecule has 0 spiro atoms.